The van der Waals surface area contributed by atoms with Crippen LogP contribution in [0.3, 0.4) is 0 Å². The first-order valence-electron chi connectivity index (χ1n) is 5.39. The molecule has 0 aliphatic carbocycles. The van der Waals surface area contributed by atoms with Gasteiger partial charge < -0.3 is 9.84 Å². The van der Waals surface area contributed by atoms with Crippen molar-refractivity contribution >= 4 is 0 Å². The largest absolute Gasteiger partial charge is 0.481 e. The van der Waals surface area contributed by atoms with Gasteiger partial charge in [-0.1, -0.05) is 20.8 Å². The van der Waals surface area contributed by atoms with Gasteiger partial charge in [0.2, 0.25) is 5.88 Å². The van der Waals surface area contributed by atoms with Crippen molar-refractivity contribution in [3.8, 4) is 5.88 Å². The van der Waals surface area contributed by atoms with Gasteiger partial charge >= 0.3 is 0 Å². The van der Waals surface area contributed by atoms with E-state index in [1.807, 2.05) is 27.7 Å². The Morgan fingerprint density at radius 2 is 2.00 bits per heavy atom. The van der Waals surface area contributed by atoms with E-state index in [4.69, 9.17) is 4.74 Å². The van der Waals surface area contributed by atoms with Crippen molar-refractivity contribution < 1.29 is 9.84 Å². The summed E-state index contributed by atoms with van der Waals surface area (Å²) < 4.78 is 5.07. The molecule has 90 valence electrons. The Kier molecular flexibility index (Phi) is 3.86. The van der Waals surface area contributed by atoms with Crippen molar-refractivity contribution in [2.45, 2.75) is 40.2 Å². The highest BCUT2D eigenvalue weighted by atomic mass is 16.5. The zero-order valence-electron chi connectivity index (χ0n) is 10.6. The fourth-order valence-electron chi connectivity index (χ4n) is 1.31. The van der Waals surface area contributed by atoms with Crippen LogP contribution in [-0.4, -0.2) is 28.3 Å². The van der Waals surface area contributed by atoms with Crippen LogP contribution in [0.15, 0.2) is 6.07 Å². The van der Waals surface area contributed by atoms with Gasteiger partial charge in [0.15, 0.2) is 0 Å². The number of hydrogen-bond donors (Lipinski definition) is 1. The van der Waals surface area contributed by atoms with Crippen LogP contribution < -0.4 is 4.74 Å². The number of aromatic nitrogens is 2. The normalized spacial score (nSPS) is 13.6. The molecule has 0 bridgehead atoms. The molecule has 1 unspecified atom stereocenters. The zero-order valence-corrected chi connectivity index (χ0v) is 10.6. The fourth-order valence-corrected chi connectivity index (χ4v) is 1.31. The van der Waals surface area contributed by atoms with Crippen LogP contribution in [0.25, 0.3) is 0 Å². The molecule has 4 heteroatoms. The number of aryl methyl sites for hydroxylation is 1. The molecule has 4 nitrogen and oxygen atoms in total. The minimum absolute atomic E-state index is 0.147. The minimum atomic E-state index is -0.425. The summed E-state index contributed by atoms with van der Waals surface area (Å²) in [5, 5.41) is 9.99. The number of ether oxygens (including phenoxy) is 1. The van der Waals surface area contributed by atoms with Crippen LogP contribution in [0.2, 0.25) is 0 Å². The Labute approximate surface area is 96.7 Å². The van der Waals surface area contributed by atoms with Gasteiger partial charge in [0.05, 0.1) is 18.9 Å². The SMILES string of the molecule is COc1cc(CC(O)C(C)(C)C)nc(C)n1. The van der Waals surface area contributed by atoms with Gasteiger partial charge in [0, 0.05) is 12.5 Å². The van der Waals surface area contributed by atoms with Crippen molar-refractivity contribution in [3.05, 3.63) is 17.6 Å². The van der Waals surface area contributed by atoms with E-state index in [1.54, 1.807) is 13.2 Å². The molecule has 1 aromatic heterocycles. The molecule has 1 rings (SSSR count). The van der Waals surface area contributed by atoms with E-state index in [-0.39, 0.29) is 5.41 Å². The van der Waals surface area contributed by atoms with Crippen molar-refractivity contribution in [3.63, 3.8) is 0 Å². The third-order valence-corrected chi connectivity index (χ3v) is 2.48. The molecule has 1 heterocycles. The van der Waals surface area contributed by atoms with Gasteiger partial charge in [-0.05, 0) is 12.3 Å². The van der Waals surface area contributed by atoms with E-state index >= 15 is 0 Å². The molecule has 16 heavy (non-hydrogen) atoms. The van der Waals surface area contributed by atoms with Crippen LogP contribution in [0.4, 0.5) is 0 Å². The van der Waals surface area contributed by atoms with E-state index < -0.39 is 6.10 Å². The van der Waals surface area contributed by atoms with Gasteiger partial charge in [-0.25, -0.2) is 4.98 Å². The van der Waals surface area contributed by atoms with E-state index in [9.17, 15) is 5.11 Å². The second kappa shape index (κ2) is 4.78. The molecule has 1 N–H and O–H groups in total. The third kappa shape index (κ3) is 3.45. The summed E-state index contributed by atoms with van der Waals surface area (Å²) in [4.78, 5) is 8.39. The number of aliphatic hydroxyl groups is 1. The molecule has 1 atom stereocenters. The van der Waals surface area contributed by atoms with E-state index in [0.717, 1.165) is 5.69 Å². The molecular weight excluding hydrogens is 204 g/mol. The Balaban J connectivity index is 2.85. The topological polar surface area (TPSA) is 55.2 Å². The van der Waals surface area contributed by atoms with Crippen LogP contribution in [0.5, 0.6) is 5.88 Å². The lowest BCUT2D eigenvalue weighted by molar-refractivity contribution is 0.0626. The lowest BCUT2D eigenvalue weighted by Crippen LogP contribution is -2.28. The zero-order chi connectivity index (χ0) is 12.3. The monoisotopic (exact) mass is 224 g/mol. The molecule has 0 amide bonds. The van der Waals surface area contributed by atoms with Gasteiger partial charge in [-0.2, -0.15) is 4.98 Å². The molecular formula is C12H20N2O2. The maximum atomic E-state index is 9.99. The number of nitrogens with zero attached hydrogens (tertiary/aromatic N) is 2. The summed E-state index contributed by atoms with van der Waals surface area (Å²) in [6, 6.07) is 1.77. The molecule has 0 saturated heterocycles. The number of aliphatic hydroxyl groups excluding tert-OH is 1. The average Bonchev–Trinajstić information content (AvgIpc) is 2.15. The Morgan fingerprint density at radius 3 is 2.50 bits per heavy atom. The third-order valence-electron chi connectivity index (χ3n) is 2.48. The van der Waals surface area contributed by atoms with Crippen molar-refractivity contribution in [2.24, 2.45) is 5.41 Å². The summed E-state index contributed by atoms with van der Waals surface area (Å²) in [6.07, 6.45) is 0.0926. The van der Waals surface area contributed by atoms with E-state index in [1.165, 1.54) is 0 Å². The summed E-state index contributed by atoms with van der Waals surface area (Å²) in [5.74, 6) is 1.21. The molecule has 0 aliphatic rings. The molecule has 0 aromatic carbocycles. The highest BCUT2D eigenvalue weighted by Crippen LogP contribution is 2.22. The Hall–Kier alpha value is -1.16. The standard InChI is InChI=1S/C12H20N2O2/c1-8-13-9(7-11(14-8)16-5)6-10(15)12(2,3)4/h7,10,15H,6H2,1-5H3. The first-order valence-corrected chi connectivity index (χ1v) is 5.39. The summed E-state index contributed by atoms with van der Waals surface area (Å²) in [6.45, 7) is 7.82. The number of hydrogen-bond acceptors (Lipinski definition) is 4. The molecule has 0 spiro atoms. The first kappa shape index (κ1) is 12.9. The summed E-state index contributed by atoms with van der Waals surface area (Å²) >= 11 is 0. The average molecular weight is 224 g/mol. The molecule has 0 saturated carbocycles. The van der Waals surface area contributed by atoms with Gasteiger partial charge in [0.1, 0.15) is 5.82 Å². The highest BCUT2D eigenvalue weighted by molar-refractivity contribution is 5.16. The number of rotatable bonds is 3. The highest BCUT2D eigenvalue weighted by Gasteiger charge is 2.23. The van der Waals surface area contributed by atoms with Gasteiger partial charge in [-0.3, -0.25) is 0 Å². The van der Waals surface area contributed by atoms with Gasteiger partial charge in [-0.15, -0.1) is 0 Å². The molecule has 0 fully saturated rings. The van der Waals surface area contributed by atoms with Crippen molar-refractivity contribution in [1.29, 1.82) is 0 Å². The Morgan fingerprint density at radius 1 is 1.38 bits per heavy atom. The Bertz CT molecular complexity index is 359. The molecule has 1 aromatic rings. The maximum Gasteiger partial charge on any atom is 0.216 e. The predicted octanol–water partition coefficient (Wildman–Crippen LogP) is 1.74. The lowest BCUT2D eigenvalue weighted by Gasteiger charge is -2.25. The van der Waals surface area contributed by atoms with Crippen molar-refractivity contribution in [2.75, 3.05) is 7.11 Å². The first-order chi connectivity index (χ1) is 7.32. The second-order valence-electron chi connectivity index (χ2n) is 5.03. The lowest BCUT2D eigenvalue weighted by atomic mass is 9.86. The fraction of sp³-hybridized carbons (Fsp3) is 0.667. The molecule has 0 aliphatic heterocycles. The summed E-state index contributed by atoms with van der Waals surface area (Å²) in [5.41, 5.74) is 0.665. The summed E-state index contributed by atoms with van der Waals surface area (Å²) in [7, 11) is 1.58. The van der Waals surface area contributed by atoms with Crippen LogP contribution in [0.1, 0.15) is 32.3 Å². The smallest absolute Gasteiger partial charge is 0.216 e. The van der Waals surface area contributed by atoms with Crippen LogP contribution in [-0.2, 0) is 6.42 Å². The second-order valence-corrected chi connectivity index (χ2v) is 5.03. The maximum absolute atomic E-state index is 9.99. The van der Waals surface area contributed by atoms with Gasteiger partial charge in [0.25, 0.3) is 0 Å². The minimum Gasteiger partial charge on any atom is -0.481 e. The van der Waals surface area contributed by atoms with Crippen LogP contribution in [0, 0.1) is 12.3 Å². The van der Waals surface area contributed by atoms with Crippen molar-refractivity contribution in [1.82, 2.24) is 9.97 Å². The molecule has 0 radical (unpaired) electrons. The quantitative estimate of drug-likeness (QED) is 0.849. The van der Waals surface area contributed by atoms with Crippen LogP contribution >= 0.6 is 0 Å². The number of methoxy groups -OCH3 is 1. The van der Waals surface area contributed by atoms with E-state index in [0.29, 0.717) is 18.1 Å². The predicted molar refractivity (Wildman–Crippen MR) is 62.5 cm³/mol. The van der Waals surface area contributed by atoms with E-state index in [2.05, 4.69) is 9.97 Å².